The van der Waals surface area contributed by atoms with Gasteiger partial charge in [-0.25, -0.2) is 0 Å². The van der Waals surface area contributed by atoms with E-state index in [0.717, 1.165) is 13.2 Å². The van der Waals surface area contributed by atoms with E-state index >= 15 is 0 Å². The minimum absolute atomic E-state index is 0.306. The maximum atomic E-state index is 5.90. The van der Waals surface area contributed by atoms with Crippen LogP contribution in [0.3, 0.4) is 0 Å². The molecule has 1 N–H and O–H groups in total. The van der Waals surface area contributed by atoms with Gasteiger partial charge in [0.25, 0.3) is 0 Å². The van der Waals surface area contributed by atoms with Crippen molar-refractivity contribution in [2.24, 2.45) is 0 Å². The molecule has 88 valence electrons. The maximum Gasteiger partial charge on any atom is 0.0721 e. The molecule has 2 atom stereocenters. The third-order valence-corrected chi connectivity index (χ3v) is 3.27. The summed E-state index contributed by atoms with van der Waals surface area (Å²) >= 11 is 0. The molecule has 2 rings (SSSR count). The Hall–Kier alpha value is -0.860. The highest BCUT2D eigenvalue weighted by atomic mass is 16.5. The summed E-state index contributed by atoms with van der Waals surface area (Å²) < 4.78 is 5.90. The minimum Gasteiger partial charge on any atom is -0.372 e. The van der Waals surface area contributed by atoms with Crippen LogP contribution in [-0.4, -0.2) is 18.7 Å². The SMILES string of the molecule is CC(OCc1ccccc1)C1CCCCN1. The molecule has 0 bridgehead atoms. The van der Waals surface area contributed by atoms with Gasteiger partial charge in [-0.2, -0.15) is 0 Å². The highest BCUT2D eigenvalue weighted by Crippen LogP contribution is 2.14. The zero-order valence-corrected chi connectivity index (χ0v) is 9.99. The lowest BCUT2D eigenvalue weighted by molar-refractivity contribution is 0.0206. The highest BCUT2D eigenvalue weighted by Gasteiger charge is 2.19. The molecule has 1 aliphatic heterocycles. The zero-order valence-electron chi connectivity index (χ0n) is 9.99. The predicted molar refractivity (Wildman–Crippen MR) is 66.3 cm³/mol. The summed E-state index contributed by atoms with van der Waals surface area (Å²) in [6.45, 7) is 4.04. The zero-order chi connectivity index (χ0) is 11.2. The van der Waals surface area contributed by atoms with Gasteiger partial charge in [0.2, 0.25) is 0 Å². The molecule has 2 heteroatoms. The van der Waals surface area contributed by atoms with E-state index in [9.17, 15) is 0 Å². The van der Waals surface area contributed by atoms with Gasteiger partial charge < -0.3 is 10.1 Å². The van der Waals surface area contributed by atoms with Gasteiger partial charge in [-0.05, 0) is 31.9 Å². The van der Waals surface area contributed by atoms with Crippen LogP contribution in [0.2, 0.25) is 0 Å². The van der Waals surface area contributed by atoms with Gasteiger partial charge in [-0.3, -0.25) is 0 Å². The van der Waals surface area contributed by atoms with Crippen molar-refractivity contribution in [1.82, 2.24) is 5.32 Å². The van der Waals surface area contributed by atoms with Crippen molar-refractivity contribution in [3.05, 3.63) is 35.9 Å². The first-order chi connectivity index (χ1) is 7.86. The Labute approximate surface area is 98.0 Å². The van der Waals surface area contributed by atoms with E-state index in [1.165, 1.54) is 24.8 Å². The van der Waals surface area contributed by atoms with Gasteiger partial charge in [-0.15, -0.1) is 0 Å². The van der Waals surface area contributed by atoms with Crippen molar-refractivity contribution in [2.45, 2.75) is 44.9 Å². The number of ether oxygens (including phenoxy) is 1. The molecule has 2 unspecified atom stereocenters. The number of hydrogen-bond donors (Lipinski definition) is 1. The fourth-order valence-electron chi connectivity index (χ4n) is 2.20. The molecule has 0 aliphatic carbocycles. The monoisotopic (exact) mass is 219 g/mol. The maximum absolute atomic E-state index is 5.90. The van der Waals surface area contributed by atoms with Crippen LogP contribution in [0, 0.1) is 0 Å². The Morgan fingerprint density at radius 3 is 2.81 bits per heavy atom. The third kappa shape index (κ3) is 3.32. The normalized spacial score (nSPS) is 22.9. The minimum atomic E-state index is 0.306. The number of hydrogen-bond acceptors (Lipinski definition) is 2. The number of piperidine rings is 1. The average Bonchev–Trinajstić information content (AvgIpc) is 2.38. The third-order valence-electron chi connectivity index (χ3n) is 3.27. The van der Waals surface area contributed by atoms with Gasteiger partial charge in [-0.1, -0.05) is 36.8 Å². The lowest BCUT2D eigenvalue weighted by atomic mass is 10.0. The summed E-state index contributed by atoms with van der Waals surface area (Å²) in [6.07, 6.45) is 4.19. The molecule has 0 aromatic heterocycles. The summed E-state index contributed by atoms with van der Waals surface area (Å²) in [5.41, 5.74) is 1.25. The first-order valence-electron chi connectivity index (χ1n) is 6.25. The van der Waals surface area contributed by atoms with Crippen LogP contribution in [0.15, 0.2) is 30.3 Å². The Balaban J connectivity index is 1.76. The molecule has 1 aliphatic rings. The molecule has 1 heterocycles. The van der Waals surface area contributed by atoms with Crippen LogP contribution in [-0.2, 0) is 11.3 Å². The Kier molecular flexibility index (Phi) is 4.37. The second-order valence-corrected chi connectivity index (χ2v) is 4.56. The molecular formula is C14H21NO. The lowest BCUT2D eigenvalue weighted by Crippen LogP contribution is -2.42. The summed E-state index contributed by atoms with van der Waals surface area (Å²) in [5, 5.41) is 3.53. The lowest BCUT2D eigenvalue weighted by Gasteiger charge is -2.29. The molecule has 1 aromatic rings. The largest absolute Gasteiger partial charge is 0.372 e. The van der Waals surface area contributed by atoms with Crippen LogP contribution < -0.4 is 5.32 Å². The molecule has 0 amide bonds. The standard InChI is InChI=1S/C14H21NO/c1-12(14-9-5-6-10-15-14)16-11-13-7-3-2-4-8-13/h2-4,7-8,12,14-15H,5-6,9-11H2,1H3. The second-order valence-electron chi connectivity index (χ2n) is 4.56. The quantitative estimate of drug-likeness (QED) is 0.840. The van der Waals surface area contributed by atoms with Crippen molar-refractivity contribution in [3.63, 3.8) is 0 Å². The Morgan fingerprint density at radius 1 is 1.31 bits per heavy atom. The first-order valence-corrected chi connectivity index (χ1v) is 6.25. The number of rotatable bonds is 4. The molecule has 2 nitrogen and oxygen atoms in total. The van der Waals surface area contributed by atoms with Crippen LogP contribution >= 0.6 is 0 Å². The molecule has 16 heavy (non-hydrogen) atoms. The fraction of sp³-hybridized carbons (Fsp3) is 0.571. The summed E-state index contributed by atoms with van der Waals surface area (Å²) in [4.78, 5) is 0. The Bertz CT molecular complexity index is 293. The van der Waals surface area contributed by atoms with E-state index in [1.807, 2.05) is 6.07 Å². The van der Waals surface area contributed by atoms with Gasteiger partial charge in [0.1, 0.15) is 0 Å². The molecule has 0 saturated carbocycles. The van der Waals surface area contributed by atoms with Crippen LogP contribution in [0.5, 0.6) is 0 Å². The number of benzene rings is 1. The van der Waals surface area contributed by atoms with Crippen molar-refractivity contribution >= 4 is 0 Å². The molecule has 0 spiro atoms. The summed E-state index contributed by atoms with van der Waals surface area (Å²) in [7, 11) is 0. The van der Waals surface area contributed by atoms with Gasteiger partial charge in [0.15, 0.2) is 0 Å². The number of nitrogens with one attached hydrogen (secondary N) is 1. The summed E-state index contributed by atoms with van der Waals surface area (Å²) in [6, 6.07) is 10.9. The van der Waals surface area contributed by atoms with Crippen molar-refractivity contribution in [1.29, 1.82) is 0 Å². The van der Waals surface area contributed by atoms with E-state index in [1.54, 1.807) is 0 Å². The van der Waals surface area contributed by atoms with Crippen LogP contribution in [0.4, 0.5) is 0 Å². The second kappa shape index (κ2) is 6.02. The molecule has 1 aromatic carbocycles. The molecule has 0 radical (unpaired) electrons. The van der Waals surface area contributed by atoms with Gasteiger partial charge in [0.05, 0.1) is 12.7 Å². The fourth-order valence-corrected chi connectivity index (χ4v) is 2.20. The molecular weight excluding hydrogens is 198 g/mol. The van der Waals surface area contributed by atoms with E-state index in [0.29, 0.717) is 12.1 Å². The Morgan fingerprint density at radius 2 is 2.12 bits per heavy atom. The summed E-state index contributed by atoms with van der Waals surface area (Å²) in [5.74, 6) is 0. The average molecular weight is 219 g/mol. The van der Waals surface area contributed by atoms with E-state index in [-0.39, 0.29) is 0 Å². The van der Waals surface area contributed by atoms with E-state index in [4.69, 9.17) is 4.74 Å². The van der Waals surface area contributed by atoms with Gasteiger partial charge in [0, 0.05) is 6.04 Å². The van der Waals surface area contributed by atoms with E-state index in [2.05, 4.69) is 36.5 Å². The van der Waals surface area contributed by atoms with E-state index < -0.39 is 0 Å². The smallest absolute Gasteiger partial charge is 0.0721 e. The van der Waals surface area contributed by atoms with Crippen molar-refractivity contribution in [2.75, 3.05) is 6.54 Å². The van der Waals surface area contributed by atoms with Crippen molar-refractivity contribution in [3.8, 4) is 0 Å². The van der Waals surface area contributed by atoms with Crippen molar-refractivity contribution < 1.29 is 4.74 Å². The topological polar surface area (TPSA) is 21.3 Å². The predicted octanol–water partition coefficient (Wildman–Crippen LogP) is 2.73. The van der Waals surface area contributed by atoms with Gasteiger partial charge >= 0.3 is 0 Å². The molecule has 1 saturated heterocycles. The highest BCUT2D eigenvalue weighted by molar-refractivity contribution is 5.13. The van der Waals surface area contributed by atoms with Crippen LogP contribution in [0.1, 0.15) is 31.7 Å². The van der Waals surface area contributed by atoms with Crippen LogP contribution in [0.25, 0.3) is 0 Å². The molecule has 1 fully saturated rings. The first kappa shape index (κ1) is 11.6.